The minimum Gasteiger partial charge on any atom is -0.339 e. The smallest absolute Gasteiger partial charge is 0.315 e. The molecule has 136 valence electrons. The van der Waals surface area contributed by atoms with Crippen molar-refractivity contribution in [2.45, 2.75) is 56.7 Å². The molecule has 0 saturated carbocycles. The van der Waals surface area contributed by atoms with Crippen LogP contribution in [0, 0.1) is 0 Å². The first-order chi connectivity index (χ1) is 12.3. The normalized spacial score (nSPS) is 29.9. The number of fused-ring (bicyclic) bond motifs is 1. The number of anilines is 1. The second kappa shape index (κ2) is 7.56. The molecule has 0 aromatic carbocycles. The lowest BCUT2D eigenvalue weighted by molar-refractivity contribution is 0.178. The Kier molecular flexibility index (Phi) is 5.01. The van der Waals surface area contributed by atoms with Crippen LogP contribution in [-0.2, 0) is 0 Å². The van der Waals surface area contributed by atoms with E-state index < -0.39 is 0 Å². The largest absolute Gasteiger partial charge is 0.339 e. The summed E-state index contributed by atoms with van der Waals surface area (Å²) in [6.07, 6.45) is 10.5. The van der Waals surface area contributed by atoms with Gasteiger partial charge in [0.2, 0.25) is 5.95 Å². The summed E-state index contributed by atoms with van der Waals surface area (Å²) < 4.78 is 0. The topological polar surface area (TPSA) is 73.4 Å². The number of amides is 2. The quantitative estimate of drug-likeness (QED) is 0.866. The summed E-state index contributed by atoms with van der Waals surface area (Å²) in [5.74, 6) is 0.753. The van der Waals surface area contributed by atoms with Gasteiger partial charge in [0.05, 0.1) is 0 Å². The number of aromatic nitrogens is 2. The maximum atomic E-state index is 12.5. The second-order valence-electron chi connectivity index (χ2n) is 7.45. The van der Waals surface area contributed by atoms with Crippen LogP contribution in [0.25, 0.3) is 0 Å². The molecular formula is C18H28N6O. The van der Waals surface area contributed by atoms with Crippen LogP contribution >= 0.6 is 0 Å². The molecule has 3 saturated heterocycles. The van der Waals surface area contributed by atoms with Gasteiger partial charge in [-0.2, -0.15) is 0 Å². The fourth-order valence-electron chi connectivity index (χ4n) is 4.54. The SMILES string of the molecule is O=C(N[C@@H]1CCCN(c2ncccn2)C1)N[C@H]1CCN2CCCC[C@@H]12. The molecule has 3 atom stereocenters. The maximum absolute atomic E-state index is 12.5. The summed E-state index contributed by atoms with van der Waals surface area (Å²) in [5, 5.41) is 6.41. The molecule has 0 aliphatic carbocycles. The molecule has 7 nitrogen and oxygen atoms in total. The minimum atomic E-state index is -0.0155. The van der Waals surface area contributed by atoms with Crippen molar-refractivity contribution >= 4 is 12.0 Å². The number of hydrogen-bond donors (Lipinski definition) is 2. The number of nitrogens with zero attached hydrogens (tertiary/aromatic N) is 4. The van der Waals surface area contributed by atoms with E-state index in [4.69, 9.17) is 0 Å². The van der Waals surface area contributed by atoms with Crippen LogP contribution in [0.2, 0.25) is 0 Å². The van der Waals surface area contributed by atoms with Crippen LogP contribution in [0.4, 0.5) is 10.7 Å². The minimum absolute atomic E-state index is 0.0155. The summed E-state index contributed by atoms with van der Waals surface area (Å²) in [6, 6.07) is 2.81. The summed E-state index contributed by atoms with van der Waals surface area (Å²) in [6.45, 7) is 4.04. The molecule has 1 aromatic heterocycles. The van der Waals surface area contributed by atoms with Crippen molar-refractivity contribution in [1.82, 2.24) is 25.5 Å². The van der Waals surface area contributed by atoms with Gasteiger partial charge in [0, 0.05) is 50.2 Å². The number of urea groups is 1. The Labute approximate surface area is 149 Å². The van der Waals surface area contributed by atoms with Crippen LogP contribution in [0.5, 0.6) is 0 Å². The lowest BCUT2D eigenvalue weighted by atomic mass is 9.99. The lowest BCUT2D eigenvalue weighted by Gasteiger charge is -2.34. The van der Waals surface area contributed by atoms with Crippen molar-refractivity contribution in [3.05, 3.63) is 18.5 Å². The van der Waals surface area contributed by atoms with E-state index in [2.05, 4.69) is 30.4 Å². The first-order valence-electron chi connectivity index (χ1n) is 9.62. The van der Waals surface area contributed by atoms with Gasteiger partial charge in [-0.1, -0.05) is 6.42 Å². The molecule has 2 amide bonds. The summed E-state index contributed by atoms with van der Waals surface area (Å²) >= 11 is 0. The van der Waals surface area contributed by atoms with Gasteiger partial charge >= 0.3 is 6.03 Å². The highest BCUT2D eigenvalue weighted by Crippen LogP contribution is 2.27. The fraction of sp³-hybridized carbons (Fsp3) is 0.722. The molecule has 3 fully saturated rings. The zero-order valence-electron chi connectivity index (χ0n) is 14.7. The van der Waals surface area contributed by atoms with E-state index in [9.17, 15) is 4.79 Å². The van der Waals surface area contributed by atoms with Crippen molar-refractivity contribution in [3.63, 3.8) is 0 Å². The number of carbonyl (C=O) groups is 1. The molecule has 3 aliphatic rings. The second-order valence-corrected chi connectivity index (χ2v) is 7.45. The fourth-order valence-corrected chi connectivity index (χ4v) is 4.54. The molecule has 4 rings (SSSR count). The van der Waals surface area contributed by atoms with Crippen molar-refractivity contribution in [3.8, 4) is 0 Å². The molecular weight excluding hydrogens is 316 g/mol. The summed E-state index contributed by atoms with van der Waals surface area (Å²) in [7, 11) is 0. The van der Waals surface area contributed by atoms with E-state index in [-0.39, 0.29) is 12.1 Å². The van der Waals surface area contributed by atoms with Gasteiger partial charge in [-0.25, -0.2) is 14.8 Å². The Morgan fingerprint density at radius 2 is 1.88 bits per heavy atom. The van der Waals surface area contributed by atoms with Gasteiger partial charge < -0.3 is 15.5 Å². The Hall–Kier alpha value is -1.89. The highest BCUT2D eigenvalue weighted by atomic mass is 16.2. The molecule has 0 radical (unpaired) electrons. The van der Waals surface area contributed by atoms with Gasteiger partial charge in [-0.05, 0) is 44.7 Å². The highest BCUT2D eigenvalue weighted by molar-refractivity contribution is 5.74. The third-order valence-electron chi connectivity index (χ3n) is 5.76. The first kappa shape index (κ1) is 16.6. The predicted octanol–water partition coefficient (Wildman–Crippen LogP) is 1.37. The maximum Gasteiger partial charge on any atom is 0.315 e. The Balaban J connectivity index is 1.29. The van der Waals surface area contributed by atoms with Crippen LogP contribution in [-0.4, -0.2) is 65.2 Å². The van der Waals surface area contributed by atoms with E-state index >= 15 is 0 Å². The van der Waals surface area contributed by atoms with Crippen LogP contribution in [0.1, 0.15) is 38.5 Å². The predicted molar refractivity (Wildman–Crippen MR) is 96.6 cm³/mol. The number of nitrogens with one attached hydrogen (secondary N) is 2. The van der Waals surface area contributed by atoms with Gasteiger partial charge in [-0.3, -0.25) is 4.90 Å². The average Bonchev–Trinajstić information content (AvgIpc) is 3.06. The monoisotopic (exact) mass is 344 g/mol. The van der Waals surface area contributed by atoms with E-state index in [1.807, 2.05) is 6.07 Å². The van der Waals surface area contributed by atoms with Crippen LogP contribution in [0.15, 0.2) is 18.5 Å². The van der Waals surface area contributed by atoms with E-state index in [1.54, 1.807) is 12.4 Å². The molecule has 1 aromatic rings. The molecule has 25 heavy (non-hydrogen) atoms. The van der Waals surface area contributed by atoms with Gasteiger partial charge in [0.25, 0.3) is 0 Å². The van der Waals surface area contributed by atoms with Crippen LogP contribution in [0.3, 0.4) is 0 Å². The van der Waals surface area contributed by atoms with Crippen molar-refractivity contribution in [2.24, 2.45) is 0 Å². The van der Waals surface area contributed by atoms with Gasteiger partial charge in [0.1, 0.15) is 0 Å². The molecule has 0 unspecified atom stereocenters. The lowest BCUT2D eigenvalue weighted by Crippen LogP contribution is -2.54. The Morgan fingerprint density at radius 3 is 2.76 bits per heavy atom. The molecule has 0 spiro atoms. The summed E-state index contributed by atoms with van der Waals surface area (Å²) in [4.78, 5) is 25.8. The number of rotatable bonds is 3. The zero-order valence-corrected chi connectivity index (χ0v) is 14.7. The standard InChI is InChI=1S/C18H28N6O/c25-18(22-15-7-12-23-10-2-1-6-16(15)23)21-14-5-3-11-24(13-14)17-19-8-4-9-20-17/h4,8-9,14-16H,1-3,5-7,10-13H2,(H2,21,22,25)/t14-,15+,16+/m1/s1. The molecule has 4 heterocycles. The van der Waals surface area contributed by atoms with E-state index in [0.717, 1.165) is 44.8 Å². The number of piperidine rings is 2. The first-order valence-corrected chi connectivity index (χ1v) is 9.62. The van der Waals surface area contributed by atoms with Gasteiger partial charge in [-0.15, -0.1) is 0 Å². The average molecular weight is 344 g/mol. The zero-order chi connectivity index (χ0) is 17.1. The highest BCUT2D eigenvalue weighted by Gasteiger charge is 2.36. The van der Waals surface area contributed by atoms with Crippen molar-refractivity contribution in [1.29, 1.82) is 0 Å². The van der Waals surface area contributed by atoms with Crippen LogP contribution < -0.4 is 15.5 Å². The Morgan fingerprint density at radius 1 is 1.00 bits per heavy atom. The van der Waals surface area contributed by atoms with Crippen molar-refractivity contribution in [2.75, 3.05) is 31.1 Å². The van der Waals surface area contributed by atoms with Crippen molar-refractivity contribution < 1.29 is 4.79 Å². The summed E-state index contributed by atoms with van der Waals surface area (Å²) in [5.41, 5.74) is 0. The van der Waals surface area contributed by atoms with E-state index in [0.29, 0.717) is 12.1 Å². The van der Waals surface area contributed by atoms with E-state index in [1.165, 1.54) is 25.8 Å². The molecule has 0 bridgehead atoms. The number of carbonyl (C=O) groups excluding carboxylic acids is 1. The third-order valence-corrected chi connectivity index (χ3v) is 5.76. The number of hydrogen-bond acceptors (Lipinski definition) is 5. The van der Waals surface area contributed by atoms with Gasteiger partial charge in [0.15, 0.2) is 0 Å². The molecule has 3 aliphatic heterocycles. The molecule has 7 heteroatoms. The third kappa shape index (κ3) is 3.86. The Bertz CT molecular complexity index is 582. The molecule has 2 N–H and O–H groups in total.